The standard InChI is InChI=1S/C19H28N2O5S/c1-4-17(8-6-5-7-15-26-27(3,24)25)10-9-16(2)18-11-13-21(14-12-18)19(22)20-23/h4,9-11,19-20,22-23H,2,5,7,12-15H2,1,3H3/b10-9-,17-4-. The van der Waals surface area contributed by atoms with Crippen LogP contribution in [0.15, 0.2) is 47.6 Å². The highest BCUT2D eigenvalue weighted by Gasteiger charge is 2.18. The van der Waals surface area contributed by atoms with E-state index in [9.17, 15) is 13.5 Å². The highest BCUT2D eigenvalue weighted by atomic mass is 32.2. The van der Waals surface area contributed by atoms with E-state index in [1.54, 1.807) is 4.90 Å². The minimum Gasteiger partial charge on any atom is -0.364 e. The van der Waals surface area contributed by atoms with Crippen LogP contribution in [0.3, 0.4) is 0 Å². The van der Waals surface area contributed by atoms with Gasteiger partial charge in [0, 0.05) is 25.1 Å². The van der Waals surface area contributed by atoms with Crippen LogP contribution < -0.4 is 5.48 Å². The fourth-order valence-electron chi connectivity index (χ4n) is 2.32. The van der Waals surface area contributed by atoms with Crippen LogP contribution in [-0.2, 0) is 14.3 Å². The Hall–Kier alpha value is -1.73. The minimum absolute atomic E-state index is 0.136. The number of rotatable bonds is 9. The second-order valence-electron chi connectivity index (χ2n) is 6.01. The Kier molecular flexibility index (Phi) is 10.3. The van der Waals surface area contributed by atoms with E-state index in [4.69, 9.17) is 5.21 Å². The Morgan fingerprint density at radius 2 is 2.26 bits per heavy atom. The van der Waals surface area contributed by atoms with Gasteiger partial charge in [0.25, 0.3) is 10.1 Å². The van der Waals surface area contributed by atoms with Crippen molar-refractivity contribution in [3.63, 3.8) is 0 Å². The van der Waals surface area contributed by atoms with Crippen LogP contribution in [0.2, 0.25) is 0 Å². The summed E-state index contributed by atoms with van der Waals surface area (Å²) in [6, 6.07) is 0. The summed E-state index contributed by atoms with van der Waals surface area (Å²) in [4.78, 5) is 1.69. The fraction of sp³-hybridized carbons (Fsp3) is 0.474. The molecule has 3 N–H and O–H groups in total. The van der Waals surface area contributed by atoms with Crippen molar-refractivity contribution < 1.29 is 22.9 Å². The van der Waals surface area contributed by atoms with Gasteiger partial charge in [0.1, 0.15) is 0 Å². The summed E-state index contributed by atoms with van der Waals surface area (Å²) in [6.45, 7) is 7.23. The predicted molar refractivity (Wildman–Crippen MR) is 105 cm³/mol. The molecule has 0 spiro atoms. The number of allylic oxidation sites excluding steroid dienone is 5. The Labute approximate surface area is 161 Å². The Morgan fingerprint density at radius 1 is 1.52 bits per heavy atom. The Morgan fingerprint density at radius 3 is 2.81 bits per heavy atom. The van der Waals surface area contributed by atoms with Gasteiger partial charge in [-0.3, -0.25) is 9.08 Å². The second kappa shape index (κ2) is 11.9. The molecular weight excluding hydrogens is 368 g/mol. The summed E-state index contributed by atoms with van der Waals surface area (Å²) in [5.74, 6) is 6.03. The van der Waals surface area contributed by atoms with E-state index >= 15 is 0 Å². The fourth-order valence-corrected chi connectivity index (χ4v) is 2.74. The molecule has 0 radical (unpaired) electrons. The maximum Gasteiger partial charge on any atom is 0.264 e. The van der Waals surface area contributed by atoms with Crippen molar-refractivity contribution in [3.05, 3.63) is 47.6 Å². The van der Waals surface area contributed by atoms with Gasteiger partial charge in [0.15, 0.2) is 6.35 Å². The SMILES string of the molecule is C=C(/C=C\C(C#CCCCOS(C)(=O)=O)=C/C)C1=CCN(C(O)NO)CC1. The zero-order valence-corrected chi connectivity index (χ0v) is 16.6. The van der Waals surface area contributed by atoms with E-state index in [1.165, 1.54) is 0 Å². The third kappa shape index (κ3) is 9.68. The molecule has 1 heterocycles. The average molecular weight is 397 g/mol. The lowest BCUT2D eigenvalue weighted by Gasteiger charge is -2.29. The molecule has 1 unspecified atom stereocenters. The molecule has 0 fully saturated rings. The van der Waals surface area contributed by atoms with Crippen LogP contribution in [0.25, 0.3) is 0 Å². The topological polar surface area (TPSA) is 99.1 Å². The molecule has 27 heavy (non-hydrogen) atoms. The smallest absolute Gasteiger partial charge is 0.264 e. The molecule has 1 aliphatic rings. The first kappa shape index (κ1) is 23.3. The first-order valence-corrected chi connectivity index (χ1v) is 10.5. The lowest BCUT2D eigenvalue weighted by atomic mass is 9.99. The number of unbranched alkanes of at least 4 members (excludes halogenated alkanes) is 1. The summed E-state index contributed by atoms with van der Waals surface area (Å²) in [7, 11) is -3.39. The quantitative estimate of drug-likeness (QED) is 0.136. The summed E-state index contributed by atoms with van der Waals surface area (Å²) in [5.41, 5.74) is 4.64. The van der Waals surface area contributed by atoms with Crippen LogP contribution >= 0.6 is 0 Å². The molecule has 0 aromatic heterocycles. The molecule has 8 heteroatoms. The number of hydroxylamine groups is 1. The van der Waals surface area contributed by atoms with Gasteiger partial charge in [-0.25, -0.2) is 0 Å². The van der Waals surface area contributed by atoms with Gasteiger partial charge in [0.2, 0.25) is 0 Å². The van der Waals surface area contributed by atoms with Gasteiger partial charge in [-0.1, -0.05) is 36.6 Å². The van der Waals surface area contributed by atoms with Crippen molar-refractivity contribution in [1.29, 1.82) is 0 Å². The highest BCUT2D eigenvalue weighted by molar-refractivity contribution is 7.85. The number of aliphatic hydroxyl groups excluding tert-OH is 1. The van der Waals surface area contributed by atoms with Gasteiger partial charge < -0.3 is 10.3 Å². The van der Waals surface area contributed by atoms with Gasteiger partial charge in [-0.15, -0.1) is 0 Å². The molecule has 0 saturated heterocycles. The number of hydrogen-bond donors (Lipinski definition) is 3. The molecule has 0 amide bonds. The lowest BCUT2D eigenvalue weighted by molar-refractivity contribution is -0.0949. The normalized spacial score (nSPS) is 17.3. The summed E-state index contributed by atoms with van der Waals surface area (Å²) in [5, 5.41) is 18.3. The monoisotopic (exact) mass is 396 g/mol. The second-order valence-corrected chi connectivity index (χ2v) is 7.66. The maximum absolute atomic E-state index is 10.8. The maximum atomic E-state index is 10.8. The van der Waals surface area contributed by atoms with Crippen molar-refractivity contribution in [1.82, 2.24) is 10.4 Å². The molecule has 0 saturated carbocycles. The molecule has 150 valence electrons. The van der Waals surface area contributed by atoms with Crippen LogP contribution in [0.4, 0.5) is 0 Å². The van der Waals surface area contributed by atoms with Crippen LogP contribution in [0, 0.1) is 11.8 Å². The van der Waals surface area contributed by atoms with E-state index in [-0.39, 0.29) is 6.61 Å². The van der Waals surface area contributed by atoms with E-state index in [0.717, 1.165) is 29.4 Å². The van der Waals surface area contributed by atoms with Crippen molar-refractivity contribution in [2.45, 2.75) is 32.5 Å². The van der Waals surface area contributed by atoms with E-state index < -0.39 is 16.5 Å². The average Bonchev–Trinajstić information content (AvgIpc) is 2.65. The Bertz CT molecular complexity index is 757. The van der Waals surface area contributed by atoms with Crippen molar-refractivity contribution in [2.24, 2.45) is 0 Å². The summed E-state index contributed by atoms with van der Waals surface area (Å²) < 4.78 is 26.4. The zero-order chi connectivity index (χ0) is 20.3. The number of aliphatic hydroxyl groups is 1. The molecule has 1 rings (SSSR count). The van der Waals surface area contributed by atoms with Crippen molar-refractivity contribution in [3.8, 4) is 11.8 Å². The zero-order valence-electron chi connectivity index (χ0n) is 15.8. The van der Waals surface area contributed by atoms with Crippen LogP contribution in [-0.4, -0.2) is 55.9 Å². The van der Waals surface area contributed by atoms with E-state index in [0.29, 0.717) is 25.9 Å². The predicted octanol–water partition coefficient (Wildman–Crippen LogP) is 1.69. The summed E-state index contributed by atoms with van der Waals surface area (Å²) in [6.07, 6.45) is 9.43. The van der Waals surface area contributed by atoms with Gasteiger partial charge in [-0.2, -0.15) is 13.9 Å². The number of nitrogens with zero attached hydrogens (tertiary/aromatic N) is 1. The molecular formula is C19H28N2O5S. The number of nitrogens with one attached hydrogen (secondary N) is 1. The van der Waals surface area contributed by atoms with Crippen molar-refractivity contribution in [2.75, 3.05) is 26.0 Å². The van der Waals surface area contributed by atoms with Crippen LogP contribution in [0.1, 0.15) is 26.2 Å². The Balaban J connectivity index is 2.49. The highest BCUT2D eigenvalue weighted by Crippen LogP contribution is 2.19. The van der Waals surface area contributed by atoms with E-state index in [2.05, 4.69) is 22.6 Å². The first-order valence-electron chi connectivity index (χ1n) is 8.64. The molecule has 1 atom stereocenters. The third-order valence-corrected chi connectivity index (χ3v) is 4.46. The van der Waals surface area contributed by atoms with Gasteiger partial charge in [0.05, 0.1) is 12.9 Å². The molecule has 0 aromatic rings. The molecule has 1 aliphatic heterocycles. The molecule has 0 aromatic carbocycles. The van der Waals surface area contributed by atoms with E-state index in [1.807, 2.05) is 36.7 Å². The lowest BCUT2D eigenvalue weighted by Crippen LogP contribution is -2.46. The molecule has 0 aliphatic carbocycles. The van der Waals surface area contributed by atoms with Gasteiger partial charge in [-0.05, 0) is 37.0 Å². The van der Waals surface area contributed by atoms with Crippen LogP contribution in [0.5, 0.6) is 0 Å². The number of hydrogen-bond acceptors (Lipinski definition) is 7. The third-order valence-electron chi connectivity index (χ3n) is 3.87. The molecule has 7 nitrogen and oxygen atoms in total. The molecule has 0 bridgehead atoms. The first-order chi connectivity index (χ1) is 12.8. The summed E-state index contributed by atoms with van der Waals surface area (Å²) >= 11 is 0. The van der Waals surface area contributed by atoms with Gasteiger partial charge >= 0.3 is 0 Å². The minimum atomic E-state index is -3.39. The van der Waals surface area contributed by atoms with Crippen molar-refractivity contribution >= 4 is 10.1 Å². The largest absolute Gasteiger partial charge is 0.364 e.